The minimum Gasteiger partial charge on any atom is -2.00 e. The fourth-order valence-corrected chi connectivity index (χ4v) is 3.47. The Morgan fingerprint density at radius 1 is 0.469 bits per heavy atom. The second-order valence-electron chi connectivity index (χ2n) is 9.08. The van der Waals surface area contributed by atoms with Crippen LogP contribution < -0.4 is 20.4 Å². The fraction of sp³-hybridized carbons (Fsp3) is 0.0588. The SMILES string of the molecule is CC(/C=C(\[O-])c1ccccc1)=N\N=C(/[O-])c1ccccc1O.CC(/C=C(\[O-])c1ccccc1)=N\N=C(/[O-])c1ccccc1O.[O-2].[O-2].[O-2].[V].[V]. The normalized spacial score (nSPS) is 11.9. The number of hydrogen-bond acceptors (Lipinski definition) is 10. The summed E-state index contributed by atoms with van der Waals surface area (Å²) in [6.45, 7) is 3.14. The van der Waals surface area contributed by atoms with Crippen LogP contribution in [0.3, 0.4) is 0 Å². The first-order valence-electron chi connectivity index (χ1n) is 13.2. The molecule has 2 radical (unpaired) electrons. The van der Waals surface area contributed by atoms with E-state index in [-0.39, 0.29) is 87.7 Å². The van der Waals surface area contributed by atoms with Gasteiger partial charge in [0.25, 0.3) is 0 Å². The number of allylic oxidation sites excluding steroid dienone is 2. The molecule has 0 fully saturated rings. The van der Waals surface area contributed by atoms with Gasteiger partial charge >= 0.3 is 0 Å². The molecule has 0 saturated carbocycles. The summed E-state index contributed by atoms with van der Waals surface area (Å²) >= 11 is 0. The summed E-state index contributed by atoms with van der Waals surface area (Å²) in [6, 6.07) is 29.6. The molecule has 0 aliphatic rings. The summed E-state index contributed by atoms with van der Waals surface area (Å²) in [4.78, 5) is 0. The molecule has 0 spiro atoms. The third-order valence-electron chi connectivity index (χ3n) is 5.66. The quantitative estimate of drug-likeness (QED) is 0.118. The molecule has 4 aromatic rings. The van der Waals surface area contributed by atoms with E-state index in [2.05, 4.69) is 20.4 Å². The van der Waals surface area contributed by atoms with Gasteiger partial charge in [-0.2, -0.15) is 20.4 Å². The molecule has 0 bridgehead atoms. The Balaban J connectivity index is -0.000000784. The molecule has 258 valence electrons. The zero-order valence-electron chi connectivity index (χ0n) is 26.0. The average Bonchev–Trinajstić information content (AvgIpc) is 3.04. The number of phenolic OH excluding ortho intramolecular Hbond substituents is 2. The third-order valence-corrected chi connectivity index (χ3v) is 5.66. The van der Waals surface area contributed by atoms with Gasteiger partial charge in [-0.1, -0.05) is 109 Å². The minimum atomic E-state index is -0.669. The van der Waals surface area contributed by atoms with Gasteiger partial charge in [-0.15, -0.1) is 0 Å². The first-order chi connectivity index (χ1) is 21.2. The number of phenols is 2. The number of nitrogens with zero attached hydrogens (tertiary/aromatic N) is 4. The van der Waals surface area contributed by atoms with Gasteiger partial charge in [-0.05, 0) is 49.3 Å². The number of aromatic hydroxyl groups is 2. The Morgan fingerprint density at radius 2 is 0.755 bits per heavy atom. The Hall–Kier alpha value is -5.11. The van der Waals surface area contributed by atoms with E-state index in [1.54, 1.807) is 86.6 Å². The van der Waals surface area contributed by atoms with E-state index in [9.17, 15) is 30.6 Å². The van der Waals surface area contributed by atoms with Crippen molar-refractivity contribution >= 4 is 34.7 Å². The van der Waals surface area contributed by atoms with E-state index in [1.165, 1.54) is 36.4 Å². The van der Waals surface area contributed by atoms with E-state index in [4.69, 9.17) is 0 Å². The van der Waals surface area contributed by atoms with Crippen LogP contribution in [0.4, 0.5) is 0 Å². The zero-order valence-corrected chi connectivity index (χ0v) is 28.8. The first kappa shape index (κ1) is 48.3. The van der Waals surface area contributed by atoms with Gasteiger partial charge in [-0.3, -0.25) is 0 Å². The monoisotopic (exact) mass is 738 g/mol. The van der Waals surface area contributed by atoms with Gasteiger partial charge in [-0.25, -0.2) is 0 Å². The maximum Gasteiger partial charge on any atom is 0.123 e. The Labute approximate surface area is 307 Å². The molecular formula is C34H28N4O9V2-10. The molecule has 0 amide bonds. The molecule has 49 heavy (non-hydrogen) atoms. The molecule has 0 aliphatic carbocycles. The van der Waals surface area contributed by atoms with E-state index in [1.807, 2.05) is 12.1 Å². The maximum absolute atomic E-state index is 11.9. The molecule has 0 atom stereocenters. The smallest absolute Gasteiger partial charge is 0.123 e. The van der Waals surface area contributed by atoms with E-state index < -0.39 is 11.8 Å². The molecule has 15 heteroatoms. The molecule has 4 aromatic carbocycles. The third kappa shape index (κ3) is 16.0. The van der Waals surface area contributed by atoms with Crippen LogP contribution in [0.5, 0.6) is 11.5 Å². The summed E-state index contributed by atoms with van der Waals surface area (Å²) in [5, 5.41) is 81.0. The van der Waals surface area contributed by atoms with Gasteiger partial charge in [0.15, 0.2) is 0 Å². The van der Waals surface area contributed by atoms with Gasteiger partial charge in [0.05, 0.1) is 11.4 Å². The molecule has 0 aromatic heterocycles. The zero-order chi connectivity index (χ0) is 31.9. The number of rotatable bonds is 8. The molecule has 2 N–H and O–H groups in total. The topological polar surface area (TPSA) is 268 Å². The predicted octanol–water partition coefficient (Wildman–Crippen LogP) is 2.19. The molecule has 0 aliphatic heterocycles. The van der Waals surface area contributed by atoms with Crippen LogP contribution in [-0.4, -0.2) is 33.4 Å². The van der Waals surface area contributed by atoms with E-state index in [0.717, 1.165) is 0 Å². The summed E-state index contributed by atoms with van der Waals surface area (Å²) in [5.74, 6) is -2.09. The number of benzene rings is 4. The molecule has 0 unspecified atom stereocenters. The summed E-state index contributed by atoms with van der Waals surface area (Å²) in [7, 11) is 0. The Kier molecular flexibility index (Phi) is 24.6. The van der Waals surface area contributed by atoms with E-state index in [0.29, 0.717) is 22.6 Å². The first-order valence-corrected chi connectivity index (χ1v) is 13.2. The molecule has 13 nitrogen and oxygen atoms in total. The molecule has 4 rings (SSSR count). The van der Waals surface area contributed by atoms with Crippen LogP contribution in [-0.2, 0) is 53.5 Å². The van der Waals surface area contributed by atoms with Gasteiger partial charge < -0.3 is 47.1 Å². The summed E-state index contributed by atoms with van der Waals surface area (Å²) in [5.41, 5.74) is 1.80. The van der Waals surface area contributed by atoms with Crippen molar-refractivity contribution < 1.29 is 84.2 Å². The van der Waals surface area contributed by atoms with Crippen molar-refractivity contribution in [1.82, 2.24) is 0 Å². The van der Waals surface area contributed by atoms with Gasteiger partial charge in [0.1, 0.15) is 11.5 Å². The summed E-state index contributed by atoms with van der Waals surface area (Å²) < 4.78 is 0. The van der Waals surface area contributed by atoms with Crippen LogP contribution in [0, 0.1) is 0 Å². The van der Waals surface area contributed by atoms with Crippen molar-refractivity contribution in [3.05, 3.63) is 144 Å². The maximum atomic E-state index is 11.9. The average molecular weight is 739 g/mol. The largest absolute Gasteiger partial charge is 2.00 e. The van der Waals surface area contributed by atoms with Crippen LogP contribution in [0.25, 0.3) is 11.5 Å². The van der Waals surface area contributed by atoms with Crippen molar-refractivity contribution in [3.8, 4) is 11.5 Å². The van der Waals surface area contributed by atoms with Gasteiger partial charge in [0, 0.05) is 60.0 Å². The number of hydrogen-bond donors (Lipinski definition) is 2. The Bertz CT molecular complexity index is 1620. The predicted molar refractivity (Wildman–Crippen MR) is 166 cm³/mol. The second kappa shape index (κ2) is 25.0. The number of para-hydroxylation sites is 2. The van der Waals surface area contributed by atoms with Crippen LogP contribution in [0.1, 0.15) is 36.1 Å². The standard InChI is InChI=1S/2C17H16N2O3.3O.2V/c2*1-12(11-16(21)13-7-3-2-4-8-13)18-19-17(22)14-9-5-6-10-15(14)20;;;;;/h2*2-11,20-21H,1H3,(H,19,22);;;;;/q;;3*-2;;/p-4/b2*16-11-,18-12+;;;;;. The van der Waals surface area contributed by atoms with Crippen molar-refractivity contribution in [1.29, 1.82) is 0 Å². The van der Waals surface area contributed by atoms with Crippen molar-refractivity contribution in [2.45, 2.75) is 13.8 Å². The van der Waals surface area contributed by atoms with Crippen LogP contribution >= 0.6 is 0 Å². The van der Waals surface area contributed by atoms with Crippen LogP contribution in [0.2, 0.25) is 0 Å². The fourth-order valence-electron chi connectivity index (χ4n) is 3.47. The van der Waals surface area contributed by atoms with E-state index >= 15 is 0 Å². The van der Waals surface area contributed by atoms with Crippen LogP contribution in [0.15, 0.2) is 142 Å². The second-order valence-corrected chi connectivity index (χ2v) is 9.08. The van der Waals surface area contributed by atoms with Crippen molar-refractivity contribution in [2.75, 3.05) is 0 Å². The Morgan fingerprint density at radius 3 is 1.06 bits per heavy atom. The van der Waals surface area contributed by atoms with Gasteiger partial charge in [0.2, 0.25) is 0 Å². The van der Waals surface area contributed by atoms with Crippen molar-refractivity contribution in [2.24, 2.45) is 20.4 Å². The molecule has 0 heterocycles. The molecular weight excluding hydrogens is 710 g/mol. The molecule has 0 saturated heterocycles. The van der Waals surface area contributed by atoms with Crippen molar-refractivity contribution in [3.63, 3.8) is 0 Å². The summed E-state index contributed by atoms with van der Waals surface area (Å²) in [6.07, 6.45) is 2.61. The minimum absolute atomic E-state index is 0.